The molecule has 26 heavy (non-hydrogen) atoms. The van der Waals surface area contributed by atoms with Crippen LogP contribution in [0.1, 0.15) is 37.8 Å². The zero-order valence-electron chi connectivity index (χ0n) is 15.3. The van der Waals surface area contributed by atoms with Gasteiger partial charge in [0.05, 0.1) is 6.20 Å². The van der Waals surface area contributed by atoms with E-state index in [4.69, 9.17) is 4.98 Å². The molecule has 0 bridgehead atoms. The molecule has 2 heterocycles. The van der Waals surface area contributed by atoms with Gasteiger partial charge in [0.2, 0.25) is 5.95 Å². The summed E-state index contributed by atoms with van der Waals surface area (Å²) in [7, 11) is 0. The van der Waals surface area contributed by atoms with Crippen LogP contribution >= 0.6 is 0 Å². The van der Waals surface area contributed by atoms with E-state index in [9.17, 15) is 0 Å². The van der Waals surface area contributed by atoms with Crippen LogP contribution in [0, 0.1) is 0 Å². The first kappa shape index (κ1) is 16.5. The molecule has 0 amide bonds. The second-order valence-electron chi connectivity index (χ2n) is 7.09. The van der Waals surface area contributed by atoms with E-state index in [-0.39, 0.29) is 0 Å². The lowest BCUT2D eigenvalue weighted by atomic mass is 10.0. The highest BCUT2D eigenvalue weighted by molar-refractivity contribution is 5.69. The number of nitrogens with one attached hydrogen (secondary N) is 1. The summed E-state index contributed by atoms with van der Waals surface area (Å²) in [6.07, 6.45) is 2.74. The van der Waals surface area contributed by atoms with Gasteiger partial charge in [0.15, 0.2) is 5.82 Å². The molecule has 132 valence electrons. The van der Waals surface area contributed by atoms with Crippen LogP contribution in [0.5, 0.6) is 0 Å². The average Bonchev–Trinajstić information content (AvgIpc) is 2.98. The zero-order chi connectivity index (χ0) is 18.1. The largest absolute Gasteiger partial charge is 0.323 e. The fourth-order valence-electron chi connectivity index (χ4n) is 3.46. The highest BCUT2D eigenvalue weighted by atomic mass is 15.3. The molecule has 0 spiro atoms. The van der Waals surface area contributed by atoms with Gasteiger partial charge >= 0.3 is 0 Å². The molecular weight excluding hydrogens is 322 g/mol. The number of hydrogen-bond acceptors (Lipinski definition) is 5. The minimum atomic E-state index is 0.349. The van der Waals surface area contributed by atoms with Crippen LogP contribution in [0.4, 0.5) is 23.1 Å². The van der Waals surface area contributed by atoms with Crippen molar-refractivity contribution in [1.82, 2.24) is 15.2 Å². The number of hydrogen-bond donors (Lipinski definition) is 1. The molecule has 1 aliphatic heterocycles. The van der Waals surface area contributed by atoms with Gasteiger partial charge in [0.25, 0.3) is 0 Å². The van der Waals surface area contributed by atoms with Crippen molar-refractivity contribution in [2.75, 3.05) is 10.2 Å². The normalized spacial score (nSPS) is 16.0. The van der Waals surface area contributed by atoms with Gasteiger partial charge in [-0.15, -0.1) is 5.10 Å². The van der Waals surface area contributed by atoms with Gasteiger partial charge in [-0.05, 0) is 48.6 Å². The number of nitrogens with zero attached hydrogens (tertiary/aromatic N) is 4. The molecule has 5 heteroatoms. The van der Waals surface area contributed by atoms with E-state index >= 15 is 0 Å². The Hall–Kier alpha value is -2.95. The van der Waals surface area contributed by atoms with Gasteiger partial charge in [-0.1, -0.05) is 44.2 Å². The summed E-state index contributed by atoms with van der Waals surface area (Å²) in [5.41, 5.74) is 4.82. The fraction of sp³-hybridized carbons (Fsp3) is 0.286. The van der Waals surface area contributed by atoms with Gasteiger partial charge in [0, 0.05) is 17.4 Å². The molecule has 1 unspecified atom stereocenters. The molecule has 0 radical (unpaired) electrons. The minimum Gasteiger partial charge on any atom is -0.323 e. The van der Waals surface area contributed by atoms with Crippen LogP contribution in [0.15, 0.2) is 54.7 Å². The quantitative estimate of drug-likeness (QED) is 0.734. The van der Waals surface area contributed by atoms with Gasteiger partial charge in [-0.3, -0.25) is 0 Å². The summed E-state index contributed by atoms with van der Waals surface area (Å²) >= 11 is 0. The lowest BCUT2D eigenvalue weighted by Crippen LogP contribution is -2.25. The average molecular weight is 345 g/mol. The number of aromatic nitrogens is 3. The number of anilines is 4. The van der Waals surface area contributed by atoms with Crippen molar-refractivity contribution < 1.29 is 0 Å². The van der Waals surface area contributed by atoms with E-state index in [2.05, 4.69) is 89.7 Å². The highest BCUT2D eigenvalue weighted by Crippen LogP contribution is 2.37. The molecule has 0 fully saturated rings. The first-order valence-corrected chi connectivity index (χ1v) is 9.05. The van der Waals surface area contributed by atoms with Crippen molar-refractivity contribution in [3.8, 4) is 0 Å². The maximum Gasteiger partial charge on any atom is 0.249 e. The zero-order valence-corrected chi connectivity index (χ0v) is 15.3. The molecule has 1 N–H and O–H groups in total. The van der Waals surface area contributed by atoms with Crippen LogP contribution in [-0.2, 0) is 6.42 Å². The molecule has 0 saturated carbocycles. The van der Waals surface area contributed by atoms with Crippen LogP contribution in [0.25, 0.3) is 0 Å². The molecule has 1 aliphatic rings. The van der Waals surface area contributed by atoms with Crippen molar-refractivity contribution >= 4 is 23.1 Å². The number of para-hydroxylation sites is 1. The third-order valence-corrected chi connectivity index (χ3v) is 4.83. The van der Waals surface area contributed by atoms with E-state index in [1.165, 1.54) is 16.8 Å². The van der Waals surface area contributed by atoms with Crippen LogP contribution < -0.4 is 10.2 Å². The second kappa shape index (κ2) is 6.75. The van der Waals surface area contributed by atoms with E-state index in [0.717, 1.165) is 17.9 Å². The number of benzene rings is 2. The summed E-state index contributed by atoms with van der Waals surface area (Å²) in [6.45, 7) is 6.59. The molecular formula is C21H23N5. The predicted octanol–water partition coefficient (Wildman–Crippen LogP) is 4.82. The Kier molecular flexibility index (Phi) is 4.29. The van der Waals surface area contributed by atoms with Crippen LogP contribution in [0.2, 0.25) is 0 Å². The maximum absolute atomic E-state index is 4.70. The van der Waals surface area contributed by atoms with E-state index < -0.39 is 0 Å². The Morgan fingerprint density at radius 1 is 1.08 bits per heavy atom. The number of fused-ring (bicyclic) bond motifs is 1. The summed E-state index contributed by atoms with van der Waals surface area (Å²) in [6, 6.07) is 17.2. The summed E-state index contributed by atoms with van der Waals surface area (Å²) in [5, 5.41) is 11.6. The monoisotopic (exact) mass is 345 g/mol. The molecule has 5 nitrogen and oxygen atoms in total. The Labute approximate surface area is 154 Å². The summed E-state index contributed by atoms with van der Waals surface area (Å²) in [5.74, 6) is 1.84. The Balaban J connectivity index is 1.59. The molecule has 0 saturated heterocycles. The SMILES string of the molecule is CC(C)c1ccc(Nc2nncc(N3c4ccccc4CC3C)n2)cc1. The molecule has 4 rings (SSSR count). The number of rotatable bonds is 4. The standard InChI is InChI=1S/C21H23N5/c1-14(2)16-8-10-18(11-9-16)23-21-24-20(13-22-25-21)26-15(3)12-17-6-4-5-7-19(17)26/h4-11,13-15H,12H2,1-3H3,(H,23,24,25). The lowest BCUT2D eigenvalue weighted by molar-refractivity contribution is 0.745. The van der Waals surface area contributed by atoms with Crippen LogP contribution in [0.3, 0.4) is 0 Å². The topological polar surface area (TPSA) is 53.9 Å². The molecule has 1 atom stereocenters. The van der Waals surface area contributed by atoms with E-state index in [1.54, 1.807) is 6.20 Å². The maximum atomic E-state index is 4.70. The van der Waals surface area contributed by atoms with E-state index in [1.807, 2.05) is 0 Å². The highest BCUT2D eigenvalue weighted by Gasteiger charge is 2.28. The lowest BCUT2D eigenvalue weighted by Gasteiger charge is -2.23. The predicted molar refractivity (Wildman–Crippen MR) is 105 cm³/mol. The van der Waals surface area contributed by atoms with E-state index in [0.29, 0.717) is 17.9 Å². The van der Waals surface area contributed by atoms with Crippen molar-refractivity contribution in [3.63, 3.8) is 0 Å². The summed E-state index contributed by atoms with van der Waals surface area (Å²) in [4.78, 5) is 6.93. The Morgan fingerprint density at radius 3 is 2.62 bits per heavy atom. The first-order valence-electron chi connectivity index (χ1n) is 9.05. The van der Waals surface area contributed by atoms with Crippen molar-refractivity contribution in [2.45, 2.75) is 39.2 Å². The molecule has 1 aromatic heterocycles. The van der Waals surface area contributed by atoms with Gasteiger partial charge in [-0.25, -0.2) is 0 Å². The van der Waals surface area contributed by atoms with Crippen molar-refractivity contribution in [1.29, 1.82) is 0 Å². The molecule has 3 aromatic rings. The third kappa shape index (κ3) is 3.12. The van der Waals surface area contributed by atoms with Gasteiger partial charge < -0.3 is 10.2 Å². The Morgan fingerprint density at radius 2 is 1.85 bits per heavy atom. The van der Waals surface area contributed by atoms with Crippen LogP contribution in [-0.4, -0.2) is 21.2 Å². The fourth-order valence-corrected chi connectivity index (χ4v) is 3.46. The first-order chi connectivity index (χ1) is 12.6. The molecule has 0 aliphatic carbocycles. The smallest absolute Gasteiger partial charge is 0.249 e. The summed E-state index contributed by atoms with van der Waals surface area (Å²) < 4.78 is 0. The minimum absolute atomic E-state index is 0.349. The third-order valence-electron chi connectivity index (χ3n) is 4.83. The second-order valence-corrected chi connectivity index (χ2v) is 7.09. The van der Waals surface area contributed by atoms with Gasteiger partial charge in [0.1, 0.15) is 0 Å². The Bertz CT molecular complexity index is 904. The van der Waals surface area contributed by atoms with Gasteiger partial charge in [-0.2, -0.15) is 10.1 Å². The van der Waals surface area contributed by atoms with Crippen molar-refractivity contribution in [3.05, 3.63) is 65.9 Å². The molecule has 2 aromatic carbocycles. The van der Waals surface area contributed by atoms with Crippen molar-refractivity contribution in [2.24, 2.45) is 0 Å².